The zero-order chi connectivity index (χ0) is 14.7. The molecule has 1 aromatic carbocycles. The number of rotatable bonds is 5. The van der Waals surface area contributed by atoms with Crippen LogP contribution < -0.4 is 5.43 Å². The first-order valence-electron chi connectivity index (χ1n) is 6.96. The molecule has 0 fully saturated rings. The summed E-state index contributed by atoms with van der Waals surface area (Å²) in [5.41, 5.74) is 6.75. The van der Waals surface area contributed by atoms with Crippen molar-refractivity contribution in [3.05, 3.63) is 71.1 Å². The zero-order valence-electron chi connectivity index (χ0n) is 12.2. The summed E-state index contributed by atoms with van der Waals surface area (Å²) in [5, 5.41) is 4.02. The molecule has 0 aliphatic heterocycles. The van der Waals surface area contributed by atoms with E-state index in [0.717, 1.165) is 11.4 Å². The molecule has 2 heterocycles. The Hall–Kier alpha value is -2.56. The van der Waals surface area contributed by atoms with E-state index in [1.807, 2.05) is 22.9 Å². The molecule has 0 unspecified atom stereocenters. The molecule has 0 atom stereocenters. The molecule has 0 spiro atoms. The number of aromatic nitrogens is 3. The minimum Gasteiger partial charge on any atom is -0.337 e. The first kappa shape index (κ1) is 13.4. The van der Waals surface area contributed by atoms with Gasteiger partial charge >= 0.3 is 0 Å². The molecular formula is C16H18N4O. The number of nitrogens with one attached hydrogen (secondary N) is 1. The van der Waals surface area contributed by atoms with Crippen LogP contribution in [-0.4, -0.2) is 14.8 Å². The van der Waals surface area contributed by atoms with Crippen molar-refractivity contribution in [2.24, 2.45) is 0 Å². The second kappa shape index (κ2) is 5.83. The second-order valence-electron chi connectivity index (χ2n) is 5.05. The van der Waals surface area contributed by atoms with Gasteiger partial charge in [-0.1, -0.05) is 35.5 Å². The van der Waals surface area contributed by atoms with Gasteiger partial charge in [-0.3, -0.25) is 4.68 Å². The largest absolute Gasteiger partial charge is 0.337 e. The van der Waals surface area contributed by atoms with E-state index < -0.39 is 0 Å². The van der Waals surface area contributed by atoms with Crippen LogP contribution in [0.2, 0.25) is 0 Å². The van der Waals surface area contributed by atoms with Crippen molar-refractivity contribution in [3.63, 3.8) is 0 Å². The van der Waals surface area contributed by atoms with Gasteiger partial charge in [0, 0.05) is 17.8 Å². The van der Waals surface area contributed by atoms with Crippen LogP contribution in [0, 0.1) is 13.8 Å². The van der Waals surface area contributed by atoms with Crippen LogP contribution >= 0.6 is 0 Å². The van der Waals surface area contributed by atoms with Crippen molar-refractivity contribution in [1.82, 2.24) is 14.8 Å². The van der Waals surface area contributed by atoms with E-state index in [4.69, 9.17) is 4.52 Å². The average molecular weight is 282 g/mol. The van der Waals surface area contributed by atoms with Gasteiger partial charge in [0.25, 0.3) is 0 Å². The molecule has 0 amide bonds. The summed E-state index contributed by atoms with van der Waals surface area (Å²) < 4.78 is 7.29. The van der Waals surface area contributed by atoms with E-state index in [0.29, 0.717) is 24.7 Å². The van der Waals surface area contributed by atoms with Crippen molar-refractivity contribution in [2.45, 2.75) is 26.8 Å². The highest BCUT2D eigenvalue weighted by atomic mass is 16.5. The predicted molar refractivity (Wildman–Crippen MR) is 80.5 cm³/mol. The summed E-state index contributed by atoms with van der Waals surface area (Å²) in [7, 11) is 0. The molecule has 0 aliphatic rings. The number of hydrogen-bond acceptors (Lipinski definition) is 4. The second-order valence-corrected chi connectivity index (χ2v) is 5.05. The van der Waals surface area contributed by atoms with Gasteiger partial charge in [0.1, 0.15) is 6.54 Å². The summed E-state index contributed by atoms with van der Waals surface area (Å²) in [6.07, 6.45) is 0.686. The molecule has 3 aromatic rings. The Morgan fingerprint density at radius 1 is 1.05 bits per heavy atom. The Labute approximate surface area is 123 Å². The fourth-order valence-corrected chi connectivity index (χ4v) is 2.28. The third kappa shape index (κ3) is 3.13. The first-order chi connectivity index (χ1) is 10.2. The predicted octanol–water partition coefficient (Wildman–Crippen LogP) is 2.82. The zero-order valence-corrected chi connectivity index (χ0v) is 12.2. The topological polar surface area (TPSA) is 55.9 Å². The molecule has 5 heteroatoms. The summed E-state index contributed by atoms with van der Waals surface area (Å²) in [6, 6.07) is 14.3. The van der Waals surface area contributed by atoms with E-state index in [9.17, 15) is 0 Å². The smallest absolute Gasteiger partial charge is 0.247 e. The fourth-order valence-electron chi connectivity index (χ4n) is 2.28. The Kier molecular flexibility index (Phi) is 3.73. The highest BCUT2D eigenvalue weighted by molar-refractivity contribution is 5.18. The molecular weight excluding hydrogens is 264 g/mol. The third-order valence-corrected chi connectivity index (χ3v) is 3.37. The molecule has 0 aliphatic carbocycles. The summed E-state index contributed by atoms with van der Waals surface area (Å²) in [4.78, 5) is 4.41. The monoisotopic (exact) mass is 282 g/mol. The van der Waals surface area contributed by atoms with Crippen LogP contribution in [0.4, 0.5) is 0 Å². The Bertz CT molecular complexity index is 695. The van der Waals surface area contributed by atoms with Crippen LogP contribution in [-0.2, 0) is 13.0 Å². The van der Waals surface area contributed by atoms with Gasteiger partial charge in [-0.15, -0.1) is 0 Å². The van der Waals surface area contributed by atoms with Crippen LogP contribution in [0.3, 0.4) is 0 Å². The molecule has 5 nitrogen and oxygen atoms in total. The van der Waals surface area contributed by atoms with E-state index >= 15 is 0 Å². The molecule has 3 rings (SSSR count). The quantitative estimate of drug-likeness (QED) is 0.782. The number of hydrogen-bond donors (Lipinski definition) is 1. The van der Waals surface area contributed by atoms with Gasteiger partial charge in [-0.25, -0.2) is 0 Å². The van der Waals surface area contributed by atoms with Crippen LogP contribution in [0.1, 0.15) is 28.7 Å². The maximum absolute atomic E-state index is 5.28. The normalized spacial score (nSPS) is 10.8. The van der Waals surface area contributed by atoms with Crippen molar-refractivity contribution in [3.8, 4) is 0 Å². The molecule has 0 radical (unpaired) electrons. The van der Waals surface area contributed by atoms with Crippen LogP contribution in [0.25, 0.3) is 0 Å². The molecule has 108 valence electrons. The molecule has 0 bridgehead atoms. The molecule has 0 saturated heterocycles. The fraction of sp³-hybridized carbons (Fsp3) is 0.250. The number of nitrogens with zero attached hydrogens (tertiary/aromatic N) is 3. The lowest BCUT2D eigenvalue weighted by atomic mass is 10.1. The molecule has 21 heavy (non-hydrogen) atoms. The Morgan fingerprint density at radius 2 is 1.76 bits per heavy atom. The lowest BCUT2D eigenvalue weighted by molar-refractivity contribution is 0.375. The average Bonchev–Trinajstić information content (AvgIpc) is 3.06. The maximum atomic E-state index is 5.28. The minimum absolute atomic E-state index is 0.512. The van der Waals surface area contributed by atoms with Crippen molar-refractivity contribution in [1.29, 1.82) is 0 Å². The maximum Gasteiger partial charge on any atom is 0.247 e. The lowest BCUT2D eigenvalue weighted by Crippen LogP contribution is -2.17. The molecule has 2 aromatic heterocycles. The van der Waals surface area contributed by atoms with Gasteiger partial charge in [-0.2, -0.15) is 4.98 Å². The van der Waals surface area contributed by atoms with Gasteiger partial charge in [0.2, 0.25) is 5.89 Å². The number of aryl methyl sites for hydroxylation is 2. The van der Waals surface area contributed by atoms with Crippen molar-refractivity contribution < 1.29 is 4.52 Å². The van der Waals surface area contributed by atoms with Crippen LogP contribution in [0.5, 0.6) is 0 Å². The van der Waals surface area contributed by atoms with Crippen molar-refractivity contribution in [2.75, 3.05) is 5.43 Å². The summed E-state index contributed by atoms with van der Waals surface area (Å²) in [6.45, 7) is 4.61. The molecule has 0 saturated carbocycles. The van der Waals surface area contributed by atoms with E-state index in [2.05, 4.69) is 53.7 Å². The standard InChI is InChI=1S/C16H18N4O/c1-12-8-9-13(2)20(12)17-11-16-18-15(19-21-16)10-14-6-4-3-5-7-14/h3-9,17H,10-11H2,1-2H3. The summed E-state index contributed by atoms with van der Waals surface area (Å²) >= 11 is 0. The minimum atomic E-state index is 0.512. The van der Waals surface area contributed by atoms with E-state index in [1.165, 1.54) is 5.56 Å². The van der Waals surface area contributed by atoms with E-state index in [-0.39, 0.29) is 0 Å². The van der Waals surface area contributed by atoms with Gasteiger partial charge in [-0.05, 0) is 31.5 Å². The van der Waals surface area contributed by atoms with E-state index in [1.54, 1.807) is 0 Å². The Morgan fingerprint density at radius 3 is 2.48 bits per heavy atom. The van der Waals surface area contributed by atoms with Gasteiger partial charge < -0.3 is 9.95 Å². The highest BCUT2D eigenvalue weighted by Gasteiger charge is 2.08. The van der Waals surface area contributed by atoms with Crippen LogP contribution in [0.15, 0.2) is 47.0 Å². The van der Waals surface area contributed by atoms with Gasteiger partial charge in [0.15, 0.2) is 5.82 Å². The molecule has 1 N–H and O–H groups in total. The third-order valence-electron chi connectivity index (χ3n) is 3.37. The summed E-state index contributed by atoms with van der Waals surface area (Å²) in [5.74, 6) is 1.30. The SMILES string of the molecule is Cc1ccc(C)n1NCc1nc(Cc2ccccc2)no1. The van der Waals surface area contributed by atoms with Crippen molar-refractivity contribution >= 4 is 0 Å². The number of benzene rings is 1. The Balaban J connectivity index is 1.63. The lowest BCUT2D eigenvalue weighted by Gasteiger charge is -2.09. The highest BCUT2D eigenvalue weighted by Crippen LogP contribution is 2.08. The first-order valence-corrected chi connectivity index (χ1v) is 6.96. The van der Waals surface area contributed by atoms with Gasteiger partial charge in [0.05, 0.1) is 0 Å².